The molecular weight excluding hydrogens is 344 g/mol. The third kappa shape index (κ3) is 9.88. The van der Waals surface area contributed by atoms with Crippen molar-refractivity contribution in [3.63, 3.8) is 0 Å². The fraction of sp³-hybridized carbons (Fsp3) is 0.714. The third-order valence-corrected chi connectivity index (χ3v) is 3.01. The average molecular weight is 372 g/mol. The molecule has 7 N–H and O–H groups in total. The number of aromatic nitrogens is 3. The van der Waals surface area contributed by atoms with Crippen LogP contribution < -0.4 is 21.7 Å². The first kappa shape index (κ1) is 21.8. The van der Waals surface area contributed by atoms with Crippen LogP contribution in [0, 0.1) is 0 Å². The highest BCUT2D eigenvalue weighted by atomic mass is 16.5. The van der Waals surface area contributed by atoms with Crippen molar-refractivity contribution in [3.8, 4) is 0 Å². The molecule has 1 aromatic rings. The van der Waals surface area contributed by atoms with E-state index < -0.39 is 0 Å². The first-order chi connectivity index (χ1) is 12.7. The van der Waals surface area contributed by atoms with Crippen LogP contribution in [0.5, 0.6) is 0 Å². The Hall–Kier alpha value is -2.28. The van der Waals surface area contributed by atoms with E-state index in [-0.39, 0.29) is 19.2 Å². The van der Waals surface area contributed by atoms with Crippen molar-refractivity contribution in [2.75, 3.05) is 76.0 Å². The molecule has 1 heterocycles. The summed E-state index contributed by atoms with van der Waals surface area (Å²) < 4.78 is 10.7. The summed E-state index contributed by atoms with van der Waals surface area (Å²) in [5.74, 6) is 0.835. The Kier molecular flexibility index (Phi) is 11.7. The van der Waals surface area contributed by atoms with E-state index in [1.807, 2.05) is 0 Å². The molecule has 0 aromatic carbocycles. The standard InChI is InChI=1S/C14H28N8O4/c15-12(16)17-1-7-25-9-10-26-8-2-18-13-19-11-20-14(21-13)22(3-5-23)4-6-24/h11,23-24H,1-10H2,(H4,15,16,17)(H,18,19,20,21). The minimum Gasteiger partial charge on any atom is -0.395 e. The number of nitrogens with zero attached hydrogens (tertiary/aromatic N) is 5. The fourth-order valence-electron chi connectivity index (χ4n) is 1.87. The normalized spacial score (nSPS) is 10.5. The zero-order valence-corrected chi connectivity index (χ0v) is 14.8. The van der Waals surface area contributed by atoms with E-state index in [4.69, 9.17) is 31.2 Å². The van der Waals surface area contributed by atoms with Gasteiger partial charge in [0, 0.05) is 19.6 Å². The molecule has 0 fully saturated rings. The Labute approximate surface area is 152 Å². The van der Waals surface area contributed by atoms with Crippen LogP contribution in [0.2, 0.25) is 0 Å². The quantitative estimate of drug-likeness (QED) is 0.124. The van der Waals surface area contributed by atoms with Crippen LogP contribution in [0.3, 0.4) is 0 Å². The van der Waals surface area contributed by atoms with E-state index in [1.165, 1.54) is 6.33 Å². The topological polar surface area (TPSA) is 177 Å². The highest BCUT2D eigenvalue weighted by Gasteiger charge is 2.09. The highest BCUT2D eigenvalue weighted by molar-refractivity contribution is 5.75. The van der Waals surface area contributed by atoms with Crippen molar-refractivity contribution in [2.24, 2.45) is 16.5 Å². The number of guanidine groups is 1. The van der Waals surface area contributed by atoms with Crippen LogP contribution >= 0.6 is 0 Å². The maximum absolute atomic E-state index is 9.06. The predicted molar refractivity (Wildman–Crippen MR) is 97.0 cm³/mol. The van der Waals surface area contributed by atoms with Gasteiger partial charge in [-0.3, -0.25) is 4.99 Å². The van der Waals surface area contributed by atoms with Crippen molar-refractivity contribution in [1.29, 1.82) is 0 Å². The van der Waals surface area contributed by atoms with Gasteiger partial charge in [0.2, 0.25) is 11.9 Å². The molecule has 0 aliphatic heterocycles. The SMILES string of the molecule is NC(N)=NCCOCCOCCNc1ncnc(N(CCO)CCO)n1. The average Bonchev–Trinajstić information content (AvgIpc) is 2.63. The zero-order chi connectivity index (χ0) is 19.0. The maximum Gasteiger partial charge on any atom is 0.230 e. The number of aliphatic imine (C=N–C) groups is 1. The Morgan fingerprint density at radius 3 is 2.42 bits per heavy atom. The lowest BCUT2D eigenvalue weighted by Gasteiger charge is -2.20. The van der Waals surface area contributed by atoms with Gasteiger partial charge in [0.25, 0.3) is 0 Å². The molecule has 0 spiro atoms. The molecule has 0 atom stereocenters. The van der Waals surface area contributed by atoms with Crippen molar-refractivity contribution in [3.05, 3.63) is 6.33 Å². The summed E-state index contributed by atoms with van der Waals surface area (Å²) in [4.78, 5) is 17.8. The second-order valence-corrected chi connectivity index (χ2v) is 5.00. The van der Waals surface area contributed by atoms with Gasteiger partial charge in [0.15, 0.2) is 5.96 Å². The van der Waals surface area contributed by atoms with E-state index in [1.54, 1.807) is 4.90 Å². The van der Waals surface area contributed by atoms with E-state index in [0.29, 0.717) is 64.5 Å². The zero-order valence-electron chi connectivity index (χ0n) is 14.8. The van der Waals surface area contributed by atoms with Crippen LogP contribution in [0.25, 0.3) is 0 Å². The van der Waals surface area contributed by atoms with Crippen molar-refractivity contribution < 1.29 is 19.7 Å². The van der Waals surface area contributed by atoms with Crippen molar-refractivity contribution >= 4 is 17.9 Å². The summed E-state index contributed by atoms with van der Waals surface area (Å²) in [6.07, 6.45) is 1.37. The Balaban J connectivity index is 2.19. The summed E-state index contributed by atoms with van der Waals surface area (Å²) in [6, 6.07) is 0. The summed E-state index contributed by atoms with van der Waals surface area (Å²) in [6.45, 7) is 3.27. The van der Waals surface area contributed by atoms with E-state index in [2.05, 4.69) is 25.3 Å². The third-order valence-electron chi connectivity index (χ3n) is 3.01. The maximum atomic E-state index is 9.06. The van der Waals surface area contributed by atoms with E-state index in [0.717, 1.165) is 0 Å². The molecule has 0 aliphatic rings. The molecule has 148 valence electrons. The molecule has 0 saturated carbocycles. The highest BCUT2D eigenvalue weighted by Crippen LogP contribution is 2.07. The Morgan fingerprint density at radius 1 is 1.08 bits per heavy atom. The smallest absolute Gasteiger partial charge is 0.230 e. The first-order valence-electron chi connectivity index (χ1n) is 8.27. The summed E-state index contributed by atoms with van der Waals surface area (Å²) in [7, 11) is 0. The fourth-order valence-corrected chi connectivity index (χ4v) is 1.87. The van der Waals surface area contributed by atoms with Crippen molar-refractivity contribution in [1.82, 2.24) is 15.0 Å². The first-order valence-corrected chi connectivity index (χ1v) is 8.27. The lowest BCUT2D eigenvalue weighted by Crippen LogP contribution is -2.31. The number of nitrogens with one attached hydrogen (secondary N) is 1. The van der Waals surface area contributed by atoms with Gasteiger partial charge < -0.3 is 41.4 Å². The Bertz CT molecular complexity index is 509. The molecule has 12 heteroatoms. The monoisotopic (exact) mass is 372 g/mol. The largest absolute Gasteiger partial charge is 0.395 e. The van der Waals surface area contributed by atoms with Gasteiger partial charge in [-0.2, -0.15) is 4.98 Å². The predicted octanol–water partition coefficient (Wildman–Crippen LogP) is -2.62. The van der Waals surface area contributed by atoms with Gasteiger partial charge in [-0.25, -0.2) is 9.97 Å². The number of ether oxygens (including phenoxy) is 2. The minimum atomic E-state index is -0.0592. The number of hydrogen-bond donors (Lipinski definition) is 5. The van der Waals surface area contributed by atoms with Crippen LogP contribution in [0.1, 0.15) is 0 Å². The number of aliphatic hydroxyl groups excluding tert-OH is 2. The second kappa shape index (κ2) is 13.9. The molecule has 0 bridgehead atoms. The molecule has 0 aliphatic carbocycles. The summed E-state index contributed by atoms with van der Waals surface area (Å²) in [5, 5.41) is 21.1. The van der Waals surface area contributed by atoms with Gasteiger partial charge in [-0.05, 0) is 0 Å². The molecule has 0 saturated heterocycles. The molecule has 12 nitrogen and oxygen atoms in total. The number of nitrogens with two attached hydrogens (primary N) is 2. The summed E-state index contributed by atoms with van der Waals surface area (Å²) in [5.41, 5.74) is 10.4. The van der Waals surface area contributed by atoms with Crippen LogP contribution in [0.4, 0.5) is 11.9 Å². The van der Waals surface area contributed by atoms with E-state index >= 15 is 0 Å². The van der Waals surface area contributed by atoms with Gasteiger partial charge in [-0.15, -0.1) is 0 Å². The molecule has 1 aromatic heterocycles. The Morgan fingerprint density at radius 2 is 1.77 bits per heavy atom. The molecule has 0 unspecified atom stereocenters. The lowest BCUT2D eigenvalue weighted by molar-refractivity contribution is 0.0548. The van der Waals surface area contributed by atoms with Gasteiger partial charge in [0.05, 0.1) is 46.2 Å². The molecular formula is C14H28N8O4. The van der Waals surface area contributed by atoms with Crippen LogP contribution in [0.15, 0.2) is 11.3 Å². The van der Waals surface area contributed by atoms with Gasteiger partial charge in [-0.1, -0.05) is 0 Å². The second-order valence-electron chi connectivity index (χ2n) is 5.00. The molecule has 0 radical (unpaired) electrons. The summed E-state index contributed by atoms with van der Waals surface area (Å²) >= 11 is 0. The van der Waals surface area contributed by atoms with E-state index in [9.17, 15) is 0 Å². The van der Waals surface area contributed by atoms with Gasteiger partial charge >= 0.3 is 0 Å². The van der Waals surface area contributed by atoms with Crippen molar-refractivity contribution in [2.45, 2.75) is 0 Å². The van der Waals surface area contributed by atoms with Crippen LogP contribution in [-0.2, 0) is 9.47 Å². The number of hydrogen-bond acceptors (Lipinski definition) is 10. The number of rotatable bonds is 15. The number of aliphatic hydroxyl groups is 2. The van der Waals surface area contributed by atoms with Crippen LogP contribution in [-0.4, -0.2) is 96.9 Å². The van der Waals surface area contributed by atoms with Gasteiger partial charge in [0.1, 0.15) is 6.33 Å². The molecule has 26 heavy (non-hydrogen) atoms. The molecule has 0 amide bonds. The minimum absolute atomic E-state index is 0.0493. The number of anilines is 2. The molecule has 1 rings (SSSR count). The lowest BCUT2D eigenvalue weighted by atomic mass is 10.5.